The Morgan fingerprint density at radius 1 is 1.50 bits per heavy atom. The van der Waals surface area contributed by atoms with E-state index in [1.807, 2.05) is 32.2 Å². The van der Waals surface area contributed by atoms with Crippen LogP contribution in [-0.2, 0) is 11.2 Å². The minimum atomic E-state index is -0.101. The third-order valence-electron chi connectivity index (χ3n) is 3.79. The van der Waals surface area contributed by atoms with Crippen LogP contribution in [0.2, 0.25) is 0 Å². The van der Waals surface area contributed by atoms with Gasteiger partial charge in [0.25, 0.3) is 0 Å². The Kier molecular flexibility index (Phi) is 3.99. The highest BCUT2D eigenvalue weighted by Gasteiger charge is 2.28. The van der Waals surface area contributed by atoms with Crippen molar-refractivity contribution in [1.29, 1.82) is 0 Å². The molecule has 0 fully saturated rings. The molecule has 0 saturated carbocycles. The number of nitrogens with one attached hydrogen (secondary N) is 1. The van der Waals surface area contributed by atoms with Gasteiger partial charge in [0.05, 0.1) is 6.04 Å². The predicted octanol–water partition coefficient (Wildman–Crippen LogP) is 1.22. The number of likely N-dealkylation sites (N-methyl/N-ethyl adjacent to an activating group) is 1. The van der Waals surface area contributed by atoms with Crippen molar-refractivity contribution < 1.29 is 4.79 Å². The van der Waals surface area contributed by atoms with Gasteiger partial charge in [-0.1, -0.05) is 18.2 Å². The average molecular weight is 247 g/mol. The second kappa shape index (κ2) is 5.50. The Bertz CT molecular complexity index is 433. The number of rotatable bonds is 3. The molecule has 1 heterocycles. The number of amides is 1. The lowest BCUT2D eigenvalue weighted by molar-refractivity contribution is -0.121. The third-order valence-corrected chi connectivity index (χ3v) is 3.79. The fourth-order valence-corrected chi connectivity index (χ4v) is 2.36. The van der Waals surface area contributed by atoms with E-state index in [0.717, 1.165) is 18.5 Å². The molecule has 2 unspecified atom stereocenters. The molecule has 0 bridgehead atoms. The van der Waals surface area contributed by atoms with Gasteiger partial charge in [0.2, 0.25) is 5.91 Å². The van der Waals surface area contributed by atoms with Crippen LogP contribution in [-0.4, -0.2) is 36.5 Å². The summed E-state index contributed by atoms with van der Waals surface area (Å²) < 4.78 is 0. The summed E-state index contributed by atoms with van der Waals surface area (Å²) in [5.41, 5.74) is 7.83. The largest absolute Gasteiger partial charge is 0.329 e. The second-order valence-corrected chi connectivity index (χ2v) is 4.95. The van der Waals surface area contributed by atoms with Gasteiger partial charge < -0.3 is 11.1 Å². The lowest BCUT2D eigenvalue weighted by Gasteiger charge is -2.30. The normalized spacial score (nSPS) is 21.1. The molecular weight excluding hydrogens is 226 g/mol. The zero-order chi connectivity index (χ0) is 13.1. The molecule has 2 rings (SSSR count). The molecule has 0 radical (unpaired) electrons. The molecule has 18 heavy (non-hydrogen) atoms. The average Bonchev–Trinajstić information content (AvgIpc) is 2.55. The van der Waals surface area contributed by atoms with Crippen molar-refractivity contribution in [3.63, 3.8) is 0 Å². The molecule has 1 aliphatic rings. The first-order valence-corrected chi connectivity index (χ1v) is 6.44. The monoisotopic (exact) mass is 247 g/mol. The zero-order valence-electron chi connectivity index (χ0n) is 11.0. The molecule has 1 aromatic carbocycles. The molecule has 3 N–H and O–H groups in total. The van der Waals surface area contributed by atoms with Crippen molar-refractivity contribution in [3.05, 3.63) is 29.8 Å². The smallest absolute Gasteiger partial charge is 0.241 e. The van der Waals surface area contributed by atoms with Crippen LogP contribution in [0.15, 0.2) is 24.3 Å². The van der Waals surface area contributed by atoms with Gasteiger partial charge in [0.15, 0.2) is 0 Å². The Morgan fingerprint density at radius 3 is 2.94 bits per heavy atom. The third kappa shape index (κ3) is 2.54. The van der Waals surface area contributed by atoms with Gasteiger partial charge in [0, 0.05) is 18.3 Å². The summed E-state index contributed by atoms with van der Waals surface area (Å²) in [6.45, 7) is 2.61. The fraction of sp³-hybridized carbons (Fsp3) is 0.500. The molecule has 4 nitrogen and oxygen atoms in total. The number of fused-ring (bicyclic) bond motifs is 1. The number of benzene rings is 1. The van der Waals surface area contributed by atoms with Crippen LogP contribution in [0.5, 0.6) is 0 Å². The van der Waals surface area contributed by atoms with Gasteiger partial charge in [-0.2, -0.15) is 0 Å². The maximum Gasteiger partial charge on any atom is 0.241 e. The molecule has 0 aromatic heterocycles. The number of hydrogen-bond acceptors (Lipinski definition) is 3. The van der Waals surface area contributed by atoms with Crippen LogP contribution < -0.4 is 11.1 Å². The number of carbonyl (C=O) groups excluding carboxylic acids is 1. The van der Waals surface area contributed by atoms with Crippen LogP contribution in [0.3, 0.4) is 0 Å². The second-order valence-electron chi connectivity index (χ2n) is 4.95. The number of nitrogens with two attached hydrogens (primary N) is 1. The minimum Gasteiger partial charge on any atom is -0.329 e. The van der Waals surface area contributed by atoms with Gasteiger partial charge >= 0.3 is 0 Å². The zero-order valence-corrected chi connectivity index (χ0v) is 11.0. The Morgan fingerprint density at radius 2 is 2.22 bits per heavy atom. The van der Waals surface area contributed by atoms with E-state index in [4.69, 9.17) is 5.73 Å². The highest BCUT2D eigenvalue weighted by Crippen LogP contribution is 2.23. The summed E-state index contributed by atoms with van der Waals surface area (Å²) in [6.07, 6.45) is 1.75. The first kappa shape index (κ1) is 13.1. The van der Waals surface area contributed by atoms with Gasteiger partial charge in [-0.05, 0) is 38.4 Å². The molecule has 0 aliphatic carbocycles. The van der Waals surface area contributed by atoms with Crippen LogP contribution in [0, 0.1) is 0 Å². The summed E-state index contributed by atoms with van der Waals surface area (Å²) in [7, 11) is 1.97. The number of hydrogen-bond donors (Lipinski definition) is 2. The van der Waals surface area contributed by atoms with Crippen LogP contribution in [0.4, 0.5) is 5.69 Å². The van der Waals surface area contributed by atoms with Gasteiger partial charge in [-0.15, -0.1) is 0 Å². The van der Waals surface area contributed by atoms with Crippen molar-refractivity contribution in [2.75, 3.05) is 18.9 Å². The number of nitrogens with zero attached hydrogens (tertiary/aromatic N) is 1. The van der Waals surface area contributed by atoms with Crippen LogP contribution >= 0.6 is 0 Å². The van der Waals surface area contributed by atoms with Crippen molar-refractivity contribution >= 4 is 11.6 Å². The van der Waals surface area contributed by atoms with Crippen LogP contribution in [0.1, 0.15) is 18.9 Å². The fourth-order valence-electron chi connectivity index (χ4n) is 2.36. The topological polar surface area (TPSA) is 58.4 Å². The molecule has 2 atom stereocenters. The Labute approximate surface area is 108 Å². The SMILES string of the molecule is CC(CN)N(C)C1CCc2ccccc2NC1=O. The van der Waals surface area contributed by atoms with Crippen LogP contribution in [0.25, 0.3) is 0 Å². The first-order chi connectivity index (χ1) is 8.63. The van der Waals surface area contributed by atoms with E-state index < -0.39 is 0 Å². The quantitative estimate of drug-likeness (QED) is 0.844. The molecule has 1 aliphatic heterocycles. The molecule has 1 amide bonds. The van der Waals surface area contributed by atoms with E-state index in [1.165, 1.54) is 5.56 Å². The highest BCUT2D eigenvalue weighted by atomic mass is 16.2. The van der Waals surface area contributed by atoms with Gasteiger partial charge in [-0.25, -0.2) is 0 Å². The van der Waals surface area contributed by atoms with Gasteiger partial charge in [0.1, 0.15) is 0 Å². The minimum absolute atomic E-state index is 0.0720. The summed E-state index contributed by atoms with van der Waals surface area (Å²) in [5, 5.41) is 3.01. The standard InChI is InChI=1S/C14H21N3O/c1-10(9-15)17(2)13-8-7-11-5-3-4-6-12(11)16-14(13)18/h3-6,10,13H,7-9,15H2,1-2H3,(H,16,18). The summed E-state index contributed by atoms with van der Waals surface area (Å²) in [5.74, 6) is 0.0720. The van der Waals surface area contributed by atoms with E-state index in [-0.39, 0.29) is 18.0 Å². The number of anilines is 1. The van der Waals surface area contributed by atoms with E-state index >= 15 is 0 Å². The lowest BCUT2D eigenvalue weighted by Crippen LogP contribution is -2.48. The van der Waals surface area contributed by atoms with Crippen molar-refractivity contribution in [3.8, 4) is 0 Å². The van der Waals surface area contributed by atoms with Crippen molar-refractivity contribution in [2.24, 2.45) is 5.73 Å². The van der Waals surface area contributed by atoms with Crippen molar-refractivity contribution in [1.82, 2.24) is 4.90 Å². The predicted molar refractivity (Wildman–Crippen MR) is 73.5 cm³/mol. The van der Waals surface area contributed by atoms with E-state index in [0.29, 0.717) is 6.54 Å². The number of para-hydroxylation sites is 1. The summed E-state index contributed by atoms with van der Waals surface area (Å²) in [6, 6.07) is 8.10. The molecule has 98 valence electrons. The first-order valence-electron chi connectivity index (χ1n) is 6.44. The Balaban J connectivity index is 2.17. The van der Waals surface area contributed by atoms with E-state index in [9.17, 15) is 4.79 Å². The lowest BCUT2D eigenvalue weighted by atomic mass is 10.0. The number of aryl methyl sites for hydroxylation is 1. The summed E-state index contributed by atoms with van der Waals surface area (Å²) in [4.78, 5) is 14.3. The molecule has 1 aromatic rings. The van der Waals surface area contributed by atoms with Gasteiger partial charge in [-0.3, -0.25) is 9.69 Å². The summed E-state index contributed by atoms with van der Waals surface area (Å²) >= 11 is 0. The maximum atomic E-state index is 12.2. The maximum absolute atomic E-state index is 12.2. The van der Waals surface area contributed by atoms with E-state index in [1.54, 1.807) is 0 Å². The number of carbonyl (C=O) groups is 1. The van der Waals surface area contributed by atoms with Crippen molar-refractivity contribution in [2.45, 2.75) is 31.8 Å². The Hall–Kier alpha value is -1.39. The van der Waals surface area contributed by atoms with E-state index in [2.05, 4.69) is 16.3 Å². The highest BCUT2D eigenvalue weighted by molar-refractivity contribution is 5.96. The molecule has 0 spiro atoms. The molecule has 4 heteroatoms. The molecule has 0 saturated heterocycles. The molecular formula is C14H21N3O.